The smallest absolute Gasteiger partial charge is 0.403 e. The molecule has 1 fully saturated rings. The lowest BCUT2D eigenvalue weighted by atomic mass is 9.80. The molecule has 1 aliphatic rings. The van der Waals surface area contributed by atoms with Crippen LogP contribution in [-0.4, -0.2) is 18.3 Å². The van der Waals surface area contributed by atoms with Crippen molar-refractivity contribution in [3.8, 4) is 0 Å². The topological polar surface area (TPSA) is 18.5 Å². The lowest BCUT2D eigenvalue weighted by molar-refractivity contribution is 0.00578. The molecule has 0 N–H and O–H groups in total. The summed E-state index contributed by atoms with van der Waals surface area (Å²) in [7, 11) is -0.404. The second-order valence-electron chi connectivity index (χ2n) is 5.63. The molecule has 1 aromatic rings. The summed E-state index contributed by atoms with van der Waals surface area (Å²) in [5, 5.41) is 0. The molecule has 0 radical (unpaired) electrons. The van der Waals surface area contributed by atoms with E-state index in [1.54, 1.807) is 12.1 Å². The molecular weight excluding hydrogens is 298 g/mol. The quantitative estimate of drug-likeness (QED) is 0.774. The molecule has 0 atom stereocenters. The van der Waals surface area contributed by atoms with Crippen molar-refractivity contribution in [1.82, 2.24) is 0 Å². The lowest BCUT2D eigenvalue weighted by Crippen LogP contribution is -2.41. The molecule has 0 aromatic heterocycles. The van der Waals surface area contributed by atoms with Gasteiger partial charge in [0.2, 0.25) is 0 Å². The van der Waals surface area contributed by atoms with E-state index in [0.717, 1.165) is 4.47 Å². The summed E-state index contributed by atoms with van der Waals surface area (Å²) in [6.45, 7) is 7.96. The van der Waals surface area contributed by atoms with E-state index < -0.39 is 7.12 Å². The molecular formula is C13H17BBrFO2. The van der Waals surface area contributed by atoms with E-state index in [1.807, 2.05) is 27.7 Å². The van der Waals surface area contributed by atoms with Gasteiger partial charge in [0.1, 0.15) is 5.82 Å². The third kappa shape index (κ3) is 2.63. The van der Waals surface area contributed by atoms with Crippen molar-refractivity contribution in [2.24, 2.45) is 0 Å². The summed E-state index contributed by atoms with van der Waals surface area (Å²) in [4.78, 5) is 0. The molecule has 98 valence electrons. The highest BCUT2D eigenvalue weighted by atomic mass is 79.9. The Morgan fingerprint density at radius 2 is 1.72 bits per heavy atom. The summed E-state index contributed by atoms with van der Waals surface area (Å²) in [6, 6.07) is 4.90. The van der Waals surface area contributed by atoms with Crippen molar-refractivity contribution in [3.63, 3.8) is 0 Å². The molecule has 0 saturated carbocycles. The van der Waals surface area contributed by atoms with Gasteiger partial charge in [-0.15, -0.1) is 0 Å². The monoisotopic (exact) mass is 314 g/mol. The summed E-state index contributed by atoms with van der Waals surface area (Å²) >= 11 is 3.34. The third-order valence-electron chi connectivity index (χ3n) is 3.70. The molecule has 0 unspecified atom stereocenters. The van der Waals surface area contributed by atoms with Gasteiger partial charge in [0.25, 0.3) is 0 Å². The first-order chi connectivity index (χ1) is 8.21. The molecule has 0 amide bonds. The van der Waals surface area contributed by atoms with Crippen molar-refractivity contribution in [3.05, 3.63) is 34.1 Å². The zero-order valence-electron chi connectivity index (χ0n) is 11.1. The van der Waals surface area contributed by atoms with Crippen LogP contribution in [0.1, 0.15) is 33.3 Å². The zero-order valence-corrected chi connectivity index (χ0v) is 12.7. The molecule has 1 aromatic carbocycles. The van der Waals surface area contributed by atoms with E-state index in [1.165, 1.54) is 6.07 Å². The Balaban J connectivity index is 2.15. The first kappa shape index (κ1) is 14.0. The third-order valence-corrected chi connectivity index (χ3v) is 4.19. The Hall–Kier alpha value is -0.385. The summed E-state index contributed by atoms with van der Waals surface area (Å²) in [5.41, 5.74) is -0.150. The molecule has 2 nitrogen and oxygen atoms in total. The van der Waals surface area contributed by atoms with Crippen LogP contribution >= 0.6 is 15.9 Å². The largest absolute Gasteiger partial charge is 0.462 e. The second-order valence-corrected chi connectivity index (χ2v) is 6.54. The fraction of sp³-hybridized carbons (Fsp3) is 0.538. The summed E-state index contributed by atoms with van der Waals surface area (Å²) in [5.74, 6) is -0.229. The minimum atomic E-state index is -0.404. The molecule has 0 spiro atoms. The van der Waals surface area contributed by atoms with Crippen LogP contribution < -0.4 is 0 Å². The van der Waals surface area contributed by atoms with Crippen molar-refractivity contribution in [2.45, 2.75) is 45.2 Å². The fourth-order valence-electron chi connectivity index (χ4n) is 1.93. The Labute approximate surface area is 116 Å². The molecule has 5 heteroatoms. The highest BCUT2D eigenvalue weighted by Gasteiger charge is 2.50. The van der Waals surface area contributed by atoms with Gasteiger partial charge in [-0.25, -0.2) is 4.39 Å². The van der Waals surface area contributed by atoms with E-state index >= 15 is 0 Å². The number of hydrogen-bond acceptors (Lipinski definition) is 2. The first-order valence-electron chi connectivity index (χ1n) is 6.01. The number of benzene rings is 1. The normalized spacial score (nSPS) is 21.3. The lowest BCUT2D eigenvalue weighted by Gasteiger charge is -2.32. The highest BCUT2D eigenvalue weighted by molar-refractivity contribution is 9.10. The average Bonchev–Trinajstić information content (AvgIpc) is 2.41. The van der Waals surface area contributed by atoms with Crippen LogP contribution in [-0.2, 0) is 15.6 Å². The first-order valence-corrected chi connectivity index (χ1v) is 6.80. The Bertz CT molecular complexity index is 446. The average molecular weight is 315 g/mol. The van der Waals surface area contributed by atoms with Crippen LogP contribution in [0.5, 0.6) is 0 Å². The molecule has 1 saturated heterocycles. The van der Waals surface area contributed by atoms with Gasteiger partial charge in [-0.2, -0.15) is 0 Å². The molecule has 0 bridgehead atoms. The predicted molar refractivity (Wildman–Crippen MR) is 73.9 cm³/mol. The van der Waals surface area contributed by atoms with E-state index in [9.17, 15) is 4.39 Å². The zero-order chi connectivity index (χ0) is 13.6. The summed E-state index contributed by atoms with van der Waals surface area (Å²) < 4.78 is 26.3. The van der Waals surface area contributed by atoms with Gasteiger partial charge in [-0.3, -0.25) is 0 Å². The Morgan fingerprint density at radius 3 is 2.28 bits per heavy atom. The van der Waals surface area contributed by atoms with Gasteiger partial charge in [-0.1, -0.05) is 15.9 Å². The van der Waals surface area contributed by atoms with Crippen LogP contribution in [0.25, 0.3) is 0 Å². The van der Waals surface area contributed by atoms with Crippen molar-refractivity contribution >= 4 is 23.0 Å². The van der Waals surface area contributed by atoms with Crippen LogP contribution in [0, 0.1) is 5.82 Å². The number of rotatable bonds is 2. The van der Waals surface area contributed by atoms with E-state index in [0.29, 0.717) is 11.9 Å². The molecule has 0 aliphatic carbocycles. The number of halogens is 2. The van der Waals surface area contributed by atoms with Crippen molar-refractivity contribution in [2.75, 3.05) is 0 Å². The molecule has 2 rings (SSSR count). The van der Waals surface area contributed by atoms with Gasteiger partial charge in [0.15, 0.2) is 0 Å². The maximum Gasteiger partial charge on any atom is 0.462 e. The Morgan fingerprint density at radius 1 is 1.17 bits per heavy atom. The van der Waals surface area contributed by atoms with Crippen molar-refractivity contribution in [1.29, 1.82) is 0 Å². The van der Waals surface area contributed by atoms with Crippen LogP contribution in [0.15, 0.2) is 22.7 Å². The van der Waals surface area contributed by atoms with Crippen LogP contribution in [0.4, 0.5) is 4.39 Å². The SMILES string of the molecule is CC1(C)OB(Cc2cc(Br)ccc2F)OC1(C)C. The van der Waals surface area contributed by atoms with Gasteiger partial charge in [0, 0.05) is 10.8 Å². The maximum atomic E-state index is 13.7. The molecule has 18 heavy (non-hydrogen) atoms. The van der Waals surface area contributed by atoms with E-state index in [-0.39, 0.29) is 17.0 Å². The van der Waals surface area contributed by atoms with E-state index in [4.69, 9.17) is 9.31 Å². The highest BCUT2D eigenvalue weighted by Crippen LogP contribution is 2.37. The van der Waals surface area contributed by atoms with Gasteiger partial charge in [-0.05, 0) is 51.5 Å². The standard InChI is InChI=1S/C13H17BBrFO2/c1-12(2)13(3,4)18-14(17-12)8-9-7-10(15)5-6-11(9)16/h5-7H,8H2,1-4H3. The molecule has 1 aliphatic heterocycles. The van der Waals surface area contributed by atoms with E-state index in [2.05, 4.69) is 15.9 Å². The fourth-order valence-corrected chi connectivity index (χ4v) is 2.34. The predicted octanol–water partition coefficient (Wildman–Crippen LogP) is 3.76. The van der Waals surface area contributed by atoms with Gasteiger partial charge < -0.3 is 9.31 Å². The molecule has 1 heterocycles. The number of hydrogen-bond donors (Lipinski definition) is 0. The van der Waals surface area contributed by atoms with Crippen LogP contribution in [0.3, 0.4) is 0 Å². The Kier molecular flexibility index (Phi) is 3.60. The van der Waals surface area contributed by atoms with Gasteiger partial charge >= 0.3 is 7.12 Å². The van der Waals surface area contributed by atoms with Gasteiger partial charge in [0.05, 0.1) is 11.2 Å². The second kappa shape index (κ2) is 4.62. The minimum Gasteiger partial charge on any atom is -0.403 e. The summed E-state index contributed by atoms with van der Waals surface area (Å²) in [6.07, 6.45) is 0.415. The van der Waals surface area contributed by atoms with Crippen LogP contribution in [0.2, 0.25) is 0 Å². The maximum absolute atomic E-state index is 13.7. The van der Waals surface area contributed by atoms with Crippen molar-refractivity contribution < 1.29 is 13.7 Å². The minimum absolute atomic E-state index is 0.229.